The van der Waals surface area contributed by atoms with E-state index in [0.29, 0.717) is 17.4 Å². The van der Waals surface area contributed by atoms with E-state index < -0.39 is 0 Å². The molecule has 0 fully saturated rings. The second-order valence-electron chi connectivity index (χ2n) is 3.20. The van der Waals surface area contributed by atoms with E-state index in [0.717, 1.165) is 11.3 Å². The van der Waals surface area contributed by atoms with Crippen LogP contribution in [0.3, 0.4) is 0 Å². The van der Waals surface area contributed by atoms with Gasteiger partial charge >= 0.3 is 0 Å². The lowest BCUT2D eigenvalue weighted by molar-refractivity contribution is 0.518. The zero-order chi connectivity index (χ0) is 11.4. The smallest absolute Gasteiger partial charge is 0.136 e. The normalized spacial score (nSPS) is 10.0. The average molecular weight is 233 g/mol. The molecule has 0 saturated heterocycles. The van der Waals surface area contributed by atoms with E-state index in [1.807, 2.05) is 18.2 Å². The Morgan fingerprint density at radius 1 is 1.44 bits per heavy atom. The molecule has 0 aliphatic rings. The minimum absolute atomic E-state index is 0.329. The highest BCUT2D eigenvalue weighted by Crippen LogP contribution is 2.12. The summed E-state index contributed by atoms with van der Waals surface area (Å²) in [4.78, 5) is 4.51. The molecule has 2 aromatic heterocycles. The second kappa shape index (κ2) is 4.76. The molecule has 0 spiro atoms. The Kier molecular flexibility index (Phi) is 3.16. The van der Waals surface area contributed by atoms with Crippen LogP contribution in [0.1, 0.15) is 11.3 Å². The Balaban J connectivity index is 2.12. The van der Waals surface area contributed by atoms with Crippen LogP contribution in [0.25, 0.3) is 0 Å². The van der Waals surface area contributed by atoms with Crippen molar-refractivity contribution >= 4 is 23.0 Å². The van der Waals surface area contributed by atoms with Gasteiger partial charge in [-0.25, -0.2) is 4.98 Å². The van der Waals surface area contributed by atoms with Gasteiger partial charge in [0.1, 0.15) is 16.6 Å². The van der Waals surface area contributed by atoms with Gasteiger partial charge in [0, 0.05) is 6.20 Å². The number of furan rings is 1. The van der Waals surface area contributed by atoms with Crippen LogP contribution in [0.5, 0.6) is 0 Å². The molecule has 2 rings (SSSR count). The standard InChI is InChI=1S/C11H11N3OS/c12-10(16)9-4-1-5-13-11(9)14-7-8-3-2-6-15-8/h1-6H,7H2,(H2,12,16)(H,13,14). The predicted molar refractivity (Wildman–Crippen MR) is 66.2 cm³/mol. The molecule has 0 radical (unpaired) electrons. The maximum Gasteiger partial charge on any atom is 0.136 e. The number of rotatable bonds is 4. The molecule has 0 aromatic carbocycles. The van der Waals surface area contributed by atoms with Crippen molar-refractivity contribution in [1.82, 2.24) is 4.98 Å². The lowest BCUT2D eigenvalue weighted by atomic mass is 10.2. The third-order valence-corrected chi connectivity index (χ3v) is 2.30. The molecule has 0 saturated carbocycles. The molecule has 0 aliphatic heterocycles. The molecule has 0 amide bonds. The second-order valence-corrected chi connectivity index (χ2v) is 3.64. The van der Waals surface area contributed by atoms with E-state index in [-0.39, 0.29) is 0 Å². The summed E-state index contributed by atoms with van der Waals surface area (Å²) < 4.78 is 5.20. The zero-order valence-electron chi connectivity index (χ0n) is 8.51. The highest BCUT2D eigenvalue weighted by atomic mass is 32.1. The molecule has 16 heavy (non-hydrogen) atoms. The van der Waals surface area contributed by atoms with Crippen molar-refractivity contribution in [2.24, 2.45) is 5.73 Å². The van der Waals surface area contributed by atoms with E-state index in [1.54, 1.807) is 18.5 Å². The Hall–Kier alpha value is -1.88. The number of nitrogens with zero attached hydrogens (tertiary/aromatic N) is 1. The number of pyridine rings is 1. The van der Waals surface area contributed by atoms with Crippen molar-refractivity contribution in [3.63, 3.8) is 0 Å². The summed E-state index contributed by atoms with van der Waals surface area (Å²) in [6, 6.07) is 7.35. The van der Waals surface area contributed by atoms with Crippen LogP contribution in [-0.2, 0) is 6.54 Å². The van der Waals surface area contributed by atoms with E-state index >= 15 is 0 Å². The Morgan fingerprint density at radius 3 is 3.00 bits per heavy atom. The predicted octanol–water partition coefficient (Wildman–Crippen LogP) is 1.92. The van der Waals surface area contributed by atoms with Crippen molar-refractivity contribution in [3.05, 3.63) is 48.0 Å². The van der Waals surface area contributed by atoms with Crippen molar-refractivity contribution in [3.8, 4) is 0 Å². The maximum absolute atomic E-state index is 5.59. The minimum atomic E-state index is 0.329. The zero-order valence-corrected chi connectivity index (χ0v) is 9.33. The van der Waals surface area contributed by atoms with Crippen LogP contribution in [0.15, 0.2) is 41.1 Å². The number of anilines is 1. The molecule has 5 heteroatoms. The summed E-state index contributed by atoms with van der Waals surface area (Å²) in [6.07, 6.45) is 3.32. The molecule has 4 nitrogen and oxygen atoms in total. The number of aromatic nitrogens is 1. The van der Waals surface area contributed by atoms with E-state index in [1.165, 1.54) is 0 Å². The Bertz CT molecular complexity index is 482. The van der Waals surface area contributed by atoms with Gasteiger partial charge in [0.15, 0.2) is 0 Å². The largest absolute Gasteiger partial charge is 0.467 e. The summed E-state index contributed by atoms with van der Waals surface area (Å²) in [5, 5.41) is 3.12. The fraction of sp³-hybridized carbons (Fsp3) is 0.0909. The van der Waals surface area contributed by atoms with E-state index in [4.69, 9.17) is 22.4 Å². The number of nitrogens with two attached hydrogens (primary N) is 1. The third kappa shape index (κ3) is 2.38. The van der Waals surface area contributed by atoms with Gasteiger partial charge in [-0.2, -0.15) is 0 Å². The summed E-state index contributed by atoms with van der Waals surface area (Å²) in [7, 11) is 0. The number of thiocarbonyl (C=S) groups is 1. The van der Waals surface area contributed by atoms with Gasteiger partial charge in [-0.05, 0) is 24.3 Å². The molecule has 2 heterocycles. The molecule has 0 atom stereocenters. The number of nitrogens with one attached hydrogen (secondary N) is 1. The Morgan fingerprint density at radius 2 is 2.31 bits per heavy atom. The highest BCUT2D eigenvalue weighted by molar-refractivity contribution is 7.80. The first-order valence-electron chi connectivity index (χ1n) is 4.78. The van der Waals surface area contributed by atoms with Crippen molar-refractivity contribution in [1.29, 1.82) is 0 Å². The van der Waals surface area contributed by atoms with Gasteiger partial charge in [-0.3, -0.25) is 0 Å². The average Bonchev–Trinajstić information content (AvgIpc) is 2.79. The fourth-order valence-corrected chi connectivity index (χ4v) is 1.49. The van der Waals surface area contributed by atoms with Gasteiger partial charge in [0.25, 0.3) is 0 Å². The number of hydrogen-bond acceptors (Lipinski definition) is 4. The topological polar surface area (TPSA) is 64.1 Å². The first-order valence-corrected chi connectivity index (χ1v) is 5.19. The summed E-state index contributed by atoms with van der Waals surface area (Å²) >= 11 is 4.94. The number of hydrogen-bond donors (Lipinski definition) is 2. The van der Waals surface area contributed by atoms with Crippen molar-refractivity contribution in [2.45, 2.75) is 6.54 Å². The van der Waals surface area contributed by atoms with E-state index in [9.17, 15) is 0 Å². The monoisotopic (exact) mass is 233 g/mol. The van der Waals surface area contributed by atoms with Gasteiger partial charge in [-0.15, -0.1) is 0 Å². The molecule has 2 aromatic rings. The van der Waals surface area contributed by atoms with Gasteiger partial charge in [-0.1, -0.05) is 12.2 Å². The quantitative estimate of drug-likeness (QED) is 0.790. The van der Waals surface area contributed by atoms with Crippen molar-refractivity contribution in [2.75, 3.05) is 5.32 Å². The summed E-state index contributed by atoms with van der Waals surface area (Å²) in [5.74, 6) is 1.51. The van der Waals surface area contributed by atoms with Crippen molar-refractivity contribution < 1.29 is 4.42 Å². The first-order chi connectivity index (χ1) is 7.77. The molecule has 0 aliphatic carbocycles. The van der Waals surface area contributed by atoms with Gasteiger partial charge < -0.3 is 15.5 Å². The van der Waals surface area contributed by atoms with Crippen LogP contribution in [0, 0.1) is 0 Å². The first kappa shape index (κ1) is 10.6. The maximum atomic E-state index is 5.59. The third-order valence-electron chi connectivity index (χ3n) is 2.08. The molecule has 3 N–H and O–H groups in total. The fourth-order valence-electron chi connectivity index (χ4n) is 1.33. The van der Waals surface area contributed by atoms with Crippen LogP contribution >= 0.6 is 12.2 Å². The summed E-state index contributed by atoms with van der Waals surface area (Å²) in [5.41, 5.74) is 6.33. The molecule has 0 bridgehead atoms. The lowest BCUT2D eigenvalue weighted by Crippen LogP contribution is -2.14. The van der Waals surface area contributed by atoms with Crippen LogP contribution in [-0.4, -0.2) is 9.97 Å². The molecular weight excluding hydrogens is 222 g/mol. The molecule has 82 valence electrons. The van der Waals surface area contributed by atoms with Crippen LogP contribution in [0.2, 0.25) is 0 Å². The molecular formula is C11H11N3OS. The minimum Gasteiger partial charge on any atom is -0.467 e. The van der Waals surface area contributed by atoms with Gasteiger partial charge in [0.2, 0.25) is 0 Å². The lowest BCUT2D eigenvalue weighted by Gasteiger charge is -2.08. The van der Waals surface area contributed by atoms with Crippen LogP contribution in [0.4, 0.5) is 5.82 Å². The van der Waals surface area contributed by atoms with Crippen LogP contribution < -0.4 is 11.1 Å². The Labute approximate surface area is 98.5 Å². The molecule has 0 unspecified atom stereocenters. The highest BCUT2D eigenvalue weighted by Gasteiger charge is 2.05. The van der Waals surface area contributed by atoms with Gasteiger partial charge in [0.05, 0.1) is 18.4 Å². The SMILES string of the molecule is NC(=S)c1cccnc1NCc1ccco1. The van der Waals surface area contributed by atoms with E-state index in [2.05, 4.69) is 10.3 Å². The summed E-state index contributed by atoms with van der Waals surface area (Å²) in [6.45, 7) is 0.555.